The maximum Gasteiger partial charge on any atom is 0.387 e. The van der Waals surface area contributed by atoms with Crippen molar-refractivity contribution in [3.8, 4) is 0 Å². The van der Waals surface area contributed by atoms with E-state index < -0.39 is 68.3 Å². The molecule has 138 valence electrons. The summed E-state index contributed by atoms with van der Waals surface area (Å²) in [6.45, 7) is -1.11. The third-order valence-electron chi connectivity index (χ3n) is 3.17. The number of hydrogen-bond donors (Lipinski definition) is 0. The largest absolute Gasteiger partial charge is 0.387 e. The van der Waals surface area contributed by atoms with E-state index in [9.17, 15) is 52.7 Å². The summed E-state index contributed by atoms with van der Waals surface area (Å²) in [5.74, 6) is -35.2. The molecule has 1 aliphatic heterocycles. The van der Waals surface area contributed by atoms with Gasteiger partial charge in [0.1, 0.15) is 0 Å². The van der Waals surface area contributed by atoms with Gasteiger partial charge in [0.05, 0.1) is 6.61 Å². The summed E-state index contributed by atoms with van der Waals surface area (Å²) >= 11 is -0.692. The van der Waals surface area contributed by atoms with Crippen molar-refractivity contribution in [1.29, 1.82) is 0 Å². The smallest absolute Gasteiger partial charge is 0.363 e. The first-order valence-electron chi connectivity index (χ1n) is 5.30. The molecule has 0 aromatic rings. The van der Waals surface area contributed by atoms with Crippen molar-refractivity contribution < 1.29 is 57.4 Å². The molecule has 0 aliphatic carbocycles. The lowest BCUT2D eigenvalue weighted by Gasteiger charge is -2.41. The van der Waals surface area contributed by atoms with Crippen LogP contribution in [0.2, 0.25) is 0 Å². The first-order chi connectivity index (χ1) is 9.71. The molecule has 23 heavy (non-hydrogen) atoms. The van der Waals surface area contributed by atoms with Crippen LogP contribution in [-0.2, 0) is 4.74 Å². The molecular formula is C9H5F12IO. The zero-order valence-corrected chi connectivity index (χ0v) is 12.7. The van der Waals surface area contributed by atoms with Gasteiger partial charge in [-0.15, -0.1) is 0 Å². The Kier molecular flexibility index (Phi) is 4.49. The lowest BCUT2D eigenvalue weighted by molar-refractivity contribution is -0.419. The molecule has 0 amide bonds. The topological polar surface area (TPSA) is 12.5 Å². The molecule has 0 aromatic heterocycles. The van der Waals surface area contributed by atoms with E-state index in [1.54, 1.807) is 0 Å². The normalized spacial score (nSPS) is 24.8. The number of halogens is 13. The minimum absolute atomic E-state index is 0.139. The van der Waals surface area contributed by atoms with Gasteiger partial charge in [-0.3, -0.25) is 0 Å². The van der Waals surface area contributed by atoms with Crippen molar-refractivity contribution >= 4 is 22.6 Å². The Morgan fingerprint density at radius 3 is 1.26 bits per heavy atom. The van der Waals surface area contributed by atoms with Crippen molar-refractivity contribution in [2.75, 3.05) is 6.61 Å². The zero-order valence-electron chi connectivity index (χ0n) is 10.5. The molecule has 0 radical (unpaired) electrons. The van der Waals surface area contributed by atoms with Gasteiger partial charge in [0, 0.05) is 22.6 Å². The predicted molar refractivity (Wildman–Crippen MR) is 58.1 cm³/mol. The highest BCUT2D eigenvalue weighted by Gasteiger charge is 2.92. The molecule has 0 spiro atoms. The molecule has 0 bridgehead atoms. The minimum Gasteiger partial charge on any atom is -0.363 e. The molecule has 1 atom stereocenters. The molecule has 14 heteroatoms. The second-order valence-corrected chi connectivity index (χ2v) is 6.24. The van der Waals surface area contributed by atoms with Crippen LogP contribution < -0.4 is 0 Å². The van der Waals surface area contributed by atoms with E-state index >= 15 is 0 Å². The van der Waals surface area contributed by atoms with Gasteiger partial charge in [0.25, 0.3) is 0 Å². The Hall–Kier alpha value is -0.150. The van der Waals surface area contributed by atoms with Crippen LogP contribution in [0.4, 0.5) is 52.7 Å². The lowest BCUT2D eigenvalue weighted by Crippen LogP contribution is -2.71. The van der Waals surface area contributed by atoms with Crippen LogP contribution in [0.1, 0.15) is 6.92 Å². The summed E-state index contributed by atoms with van der Waals surface area (Å²) < 4.78 is 154. The highest BCUT2D eigenvalue weighted by atomic mass is 127. The molecule has 1 aliphatic rings. The number of ether oxygens (including phenoxy) is 1. The summed E-state index contributed by atoms with van der Waals surface area (Å²) in [6, 6.07) is 0. The van der Waals surface area contributed by atoms with Crippen LogP contribution in [0.25, 0.3) is 0 Å². The Morgan fingerprint density at radius 1 is 0.696 bits per heavy atom. The van der Waals surface area contributed by atoms with Gasteiger partial charge in [-0.1, -0.05) is 0 Å². The summed E-state index contributed by atoms with van der Waals surface area (Å²) in [7, 11) is 0. The molecule has 1 heterocycles. The van der Waals surface area contributed by atoms with Crippen LogP contribution in [-0.4, -0.2) is 45.7 Å². The predicted octanol–water partition coefficient (Wildman–Crippen LogP) is 4.98. The van der Waals surface area contributed by atoms with E-state index in [0.717, 1.165) is 0 Å². The average Bonchev–Trinajstić information content (AvgIpc) is 3.06. The average molecular weight is 484 g/mol. The third kappa shape index (κ3) is 2.49. The molecule has 0 N–H and O–H groups in total. The summed E-state index contributed by atoms with van der Waals surface area (Å²) in [4.78, 5) is 0. The van der Waals surface area contributed by atoms with Crippen LogP contribution in [0, 0.1) is 0 Å². The van der Waals surface area contributed by atoms with Crippen LogP contribution in [0.3, 0.4) is 0 Å². The van der Waals surface area contributed by atoms with Crippen molar-refractivity contribution in [3.05, 3.63) is 0 Å². The molecule has 0 aromatic carbocycles. The van der Waals surface area contributed by atoms with Crippen LogP contribution >= 0.6 is 22.6 Å². The van der Waals surface area contributed by atoms with E-state index in [0.29, 0.717) is 0 Å². The van der Waals surface area contributed by atoms with Gasteiger partial charge in [-0.05, 0) is 6.92 Å². The second-order valence-electron chi connectivity index (χ2n) is 4.89. The Bertz CT molecular complexity index is 446. The Balaban J connectivity index is 3.44. The number of hydrogen-bond acceptors (Lipinski definition) is 1. The highest BCUT2D eigenvalue weighted by Crippen LogP contribution is 2.63. The summed E-state index contributed by atoms with van der Waals surface area (Å²) in [5, 5.41) is 0. The van der Waals surface area contributed by atoms with Gasteiger partial charge in [-0.25, -0.2) is 0 Å². The van der Waals surface area contributed by atoms with Crippen molar-refractivity contribution in [2.45, 2.75) is 46.1 Å². The number of epoxide rings is 1. The van der Waals surface area contributed by atoms with Crippen molar-refractivity contribution in [2.24, 2.45) is 0 Å². The van der Waals surface area contributed by atoms with Crippen LogP contribution in [0.15, 0.2) is 0 Å². The van der Waals surface area contributed by atoms with Gasteiger partial charge in [0.15, 0.2) is 5.60 Å². The highest BCUT2D eigenvalue weighted by molar-refractivity contribution is 14.1. The molecule has 1 nitrogen and oxygen atoms in total. The molecular weight excluding hydrogens is 479 g/mol. The van der Waals surface area contributed by atoms with E-state index in [-0.39, 0.29) is 6.92 Å². The monoisotopic (exact) mass is 484 g/mol. The first kappa shape index (κ1) is 20.9. The first-order valence-corrected chi connectivity index (χ1v) is 6.38. The molecule has 1 unspecified atom stereocenters. The fourth-order valence-electron chi connectivity index (χ4n) is 1.39. The van der Waals surface area contributed by atoms with Gasteiger partial charge >= 0.3 is 33.5 Å². The zero-order chi connectivity index (χ0) is 18.9. The molecule has 1 fully saturated rings. The number of alkyl halides is 13. The van der Waals surface area contributed by atoms with E-state index in [2.05, 4.69) is 4.74 Å². The van der Waals surface area contributed by atoms with Crippen molar-refractivity contribution in [3.63, 3.8) is 0 Å². The SMILES string of the molecule is CC1(C(F)(F)C(F)(F)C(F)(F)C(F)(F)C(F)(F)C(F)(F)I)CO1. The Labute approximate surface area is 133 Å². The van der Waals surface area contributed by atoms with Crippen molar-refractivity contribution in [1.82, 2.24) is 0 Å². The molecule has 0 saturated carbocycles. The fraction of sp³-hybridized carbons (Fsp3) is 1.00. The molecule has 1 saturated heterocycles. The van der Waals surface area contributed by atoms with Gasteiger partial charge in [-0.2, -0.15) is 52.7 Å². The third-order valence-corrected chi connectivity index (χ3v) is 3.85. The van der Waals surface area contributed by atoms with Crippen LogP contribution in [0.5, 0.6) is 0 Å². The van der Waals surface area contributed by atoms with Gasteiger partial charge in [0.2, 0.25) is 0 Å². The van der Waals surface area contributed by atoms with E-state index in [1.165, 1.54) is 0 Å². The quantitative estimate of drug-likeness (QED) is 0.225. The summed E-state index contributed by atoms with van der Waals surface area (Å²) in [5.41, 5.74) is -3.32. The fourth-order valence-corrected chi connectivity index (χ4v) is 1.73. The maximum absolute atomic E-state index is 13.4. The lowest BCUT2D eigenvalue weighted by atomic mass is 9.88. The Morgan fingerprint density at radius 2 is 1.00 bits per heavy atom. The van der Waals surface area contributed by atoms with E-state index in [1.807, 2.05) is 0 Å². The summed E-state index contributed by atoms with van der Waals surface area (Å²) in [6.07, 6.45) is 0. The maximum atomic E-state index is 13.4. The molecule has 1 rings (SSSR count). The minimum atomic E-state index is -7.52. The number of rotatable bonds is 6. The van der Waals surface area contributed by atoms with Gasteiger partial charge < -0.3 is 4.74 Å². The second kappa shape index (κ2) is 4.94. The standard InChI is InChI=1S/C9H5F12IO/c1-3(2-23-3)4(10,11)5(12,13)6(14,15)7(16,17)8(18,19)9(20,21)22/h2H2,1H3. The van der Waals surface area contributed by atoms with E-state index in [4.69, 9.17) is 0 Å².